The number of aromatic nitrogens is 1. The molecule has 3 aliphatic rings. The molecule has 2 aromatic heterocycles. The van der Waals surface area contributed by atoms with Gasteiger partial charge < -0.3 is 23.9 Å². The van der Waals surface area contributed by atoms with Crippen LogP contribution in [0.5, 0.6) is 5.75 Å². The van der Waals surface area contributed by atoms with E-state index < -0.39 is 25.1 Å². The lowest BCUT2D eigenvalue weighted by atomic mass is 9.58. The number of hydrogen-bond donors (Lipinski definition) is 2. The Morgan fingerprint density at radius 3 is 2.45 bits per heavy atom. The second-order valence-corrected chi connectivity index (χ2v) is 12.2. The number of carbonyl (C=O) groups is 2. The van der Waals surface area contributed by atoms with Gasteiger partial charge in [0.15, 0.2) is 0 Å². The van der Waals surface area contributed by atoms with Crippen molar-refractivity contribution >= 4 is 36.3 Å². The van der Waals surface area contributed by atoms with Gasteiger partial charge in [-0.3, -0.25) is 19.5 Å². The molecule has 7 rings (SSSR count). The minimum atomic E-state index is -1.10. The summed E-state index contributed by atoms with van der Waals surface area (Å²) in [7, 11) is -1.10. The Morgan fingerprint density at radius 2 is 1.72 bits per heavy atom. The average molecular weight is 631 g/mol. The van der Waals surface area contributed by atoms with Gasteiger partial charge in [-0.05, 0) is 103 Å². The number of aliphatic hydroxyl groups is 1. The molecule has 9 nitrogen and oxygen atoms in total. The normalized spacial score (nSPS) is 22.8. The number of para-hydroxylation sites is 2. The van der Waals surface area contributed by atoms with E-state index in [2.05, 4.69) is 4.98 Å². The van der Waals surface area contributed by atoms with Crippen LogP contribution in [-0.4, -0.2) is 46.8 Å². The number of nitrogens with zero attached hydrogens (tertiary/aromatic N) is 2. The molecule has 0 saturated carbocycles. The maximum atomic E-state index is 14.1. The number of furan rings is 1. The highest BCUT2D eigenvalue weighted by atomic mass is 16.5. The Kier molecular flexibility index (Phi) is 8.89. The SMILES string of the molecule is O=C1[C@@H]2[C@@H](CC(COc3ccccc3)=C3[C@@H](CC/C(=C/c4ccc(CO)o4)c4ccccn4)OB(O)C[C@@H]32)C(=O)N1c1ccccc1. The molecule has 10 heteroatoms. The molecule has 4 aromatic rings. The number of pyridine rings is 1. The van der Waals surface area contributed by atoms with Crippen molar-refractivity contribution in [2.24, 2.45) is 17.8 Å². The summed E-state index contributed by atoms with van der Waals surface area (Å²) in [6.07, 6.45) is 4.68. The van der Waals surface area contributed by atoms with E-state index in [1.807, 2.05) is 72.8 Å². The number of amides is 2. The van der Waals surface area contributed by atoms with E-state index in [0.29, 0.717) is 42.2 Å². The summed E-state index contributed by atoms with van der Waals surface area (Å²) < 4.78 is 18.2. The number of ether oxygens (including phenoxy) is 1. The molecule has 2 aliphatic heterocycles. The molecule has 2 N–H and O–H groups in total. The molecule has 47 heavy (non-hydrogen) atoms. The Balaban J connectivity index is 1.23. The Morgan fingerprint density at radius 1 is 0.957 bits per heavy atom. The van der Waals surface area contributed by atoms with Crippen molar-refractivity contribution in [3.63, 3.8) is 0 Å². The molecule has 2 amide bonds. The molecule has 0 spiro atoms. The number of aliphatic hydroxyl groups excluding tert-OH is 1. The smallest absolute Gasteiger partial charge is 0.455 e. The van der Waals surface area contributed by atoms with Gasteiger partial charge in [-0.15, -0.1) is 0 Å². The predicted octanol–water partition coefficient (Wildman–Crippen LogP) is 5.57. The van der Waals surface area contributed by atoms with Crippen molar-refractivity contribution in [1.82, 2.24) is 4.98 Å². The summed E-state index contributed by atoms with van der Waals surface area (Å²) in [5, 5.41) is 20.6. The monoisotopic (exact) mass is 630 g/mol. The molecule has 2 fully saturated rings. The van der Waals surface area contributed by atoms with Gasteiger partial charge in [0.2, 0.25) is 11.8 Å². The zero-order chi connectivity index (χ0) is 32.3. The molecule has 0 bridgehead atoms. The van der Waals surface area contributed by atoms with Gasteiger partial charge in [-0.25, -0.2) is 0 Å². The number of carbonyl (C=O) groups excluding carboxylic acids is 2. The molecular weight excluding hydrogens is 595 g/mol. The maximum absolute atomic E-state index is 14.1. The summed E-state index contributed by atoms with van der Waals surface area (Å²) in [5.41, 5.74) is 4.07. The summed E-state index contributed by atoms with van der Waals surface area (Å²) >= 11 is 0. The zero-order valence-corrected chi connectivity index (χ0v) is 25.8. The Hall–Kier alpha value is -4.77. The van der Waals surface area contributed by atoms with Gasteiger partial charge in [0.1, 0.15) is 30.5 Å². The summed E-state index contributed by atoms with van der Waals surface area (Å²) in [5.74, 6) is -0.258. The van der Waals surface area contributed by atoms with E-state index in [9.17, 15) is 19.7 Å². The summed E-state index contributed by atoms with van der Waals surface area (Å²) in [6.45, 7) is 0.0378. The van der Waals surface area contributed by atoms with E-state index >= 15 is 0 Å². The number of benzene rings is 2. The predicted molar refractivity (Wildman–Crippen MR) is 177 cm³/mol. The number of anilines is 1. The van der Waals surface area contributed by atoms with E-state index in [0.717, 1.165) is 22.4 Å². The molecular formula is C37H35BN2O7. The fourth-order valence-electron chi connectivity index (χ4n) is 7.26. The average Bonchev–Trinajstić information content (AvgIpc) is 3.67. The number of imide groups is 1. The molecule has 2 saturated heterocycles. The molecule has 0 unspecified atom stereocenters. The van der Waals surface area contributed by atoms with Crippen LogP contribution >= 0.6 is 0 Å². The molecule has 4 atom stereocenters. The number of allylic oxidation sites excluding steroid dienone is 1. The third kappa shape index (κ3) is 6.32. The van der Waals surface area contributed by atoms with Crippen LogP contribution in [-0.2, 0) is 20.9 Å². The van der Waals surface area contributed by atoms with E-state index in [4.69, 9.17) is 13.8 Å². The first-order valence-corrected chi connectivity index (χ1v) is 16.0. The largest absolute Gasteiger partial charge is 0.489 e. The van der Waals surface area contributed by atoms with Crippen LogP contribution in [0, 0.1) is 17.8 Å². The lowest BCUT2D eigenvalue weighted by molar-refractivity contribution is -0.122. The number of hydrogen-bond acceptors (Lipinski definition) is 8. The third-order valence-electron chi connectivity index (χ3n) is 9.30. The first kappa shape index (κ1) is 30.9. The van der Waals surface area contributed by atoms with Gasteiger partial charge in [0, 0.05) is 6.20 Å². The fraction of sp³-hybridized carbons (Fsp3) is 0.270. The van der Waals surface area contributed by atoms with Crippen molar-refractivity contribution < 1.29 is 33.5 Å². The number of rotatable bonds is 10. The quantitative estimate of drug-likeness (QED) is 0.133. The molecule has 2 aromatic carbocycles. The lowest BCUT2D eigenvalue weighted by Gasteiger charge is -2.43. The number of fused-ring (bicyclic) bond motifs is 3. The zero-order valence-electron chi connectivity index (χ0n) is 25.8. The van der Waals surface area contributed by atoms with E-state index in [1.165, 1.54) is 4.90 Å². The van der Waals surface area contributed by atoms with Crippen LogP contribution in [0.4, 0.5) is 5.69 Å². The van der Waals surface area contributed by atoms with Crippen molar-refractivity contribution in [2.75, 3.05) is 11.5 Å². The van der Waals surface area contributed by atoms with Gasteiger partial charge in [-0.2, -0.15) is 0 Å². The fourth-order valence-corrected chi connectivity index (χ4v) is 7.26. The minimum absolute atomic E-state index is 0.199. The van der Waals surface area contributed by atoms with Crippen LogP contribution in [0.25, 0.3) is 11.6 Å². The highest BCUT2D eigenvalue weighted by Gasteiger charge is 2.57. The van der Waals surface area contributed by atoms with E-state index in [1.54, 1.807) is 30.5 Å². The highest BCUT2D eigenvalue weighted by molar-refractivity contribution is 6.43. The van der Waals surface area contributed by atoms with Crippen LogP contribution in [0.2, 0.25) is 6.32 Å². The van der Waals surface area contributed by atoms with Crippen molar-refractivity contribution in [2.45, 2.75) is 38.3 Å². The first-order chi connectivity index (χ1) is 23.0. The van der Waals surface area contributed by atoms with E-state index in [-0.39, 0.29) is 37.3 Å². The second kappa shape index (κ2) is 13.5. The molecule has 4 heterocycles. The lowest BCUT2D eigenvalue weighted by Crippen LogP contribution is -2.46. The molecule has 1 aliphatic carbocycles. The second-order valence-electron chi connectivity index (χ2n) is 12.2. The Bertz CT molecular complexity index is 1790. The minimum Gasteiger partial charge on any atom is -0.489 e. The van der Waals surface area contributed by atoms with Crippen LogP contribution in [0.1, 0.15) is 36.5 Å². The van der Waals surface area contributed by atoms with Crippen molar-refractivity contribution in [3.05, 3.63) is 126 Å². The topological polar surface area (TPSA) is 122 Å². The van der Waals surface area contributed by atoms with Gasteiger partial charge in [0.05, 0.1) is 29.3 Å². The van der Waals surface area contributed by atoms with Gasteiger partial charge in [0.25, 0.3) is 0 Å². The summed E-state index contributed by atoms with van der Waals surface area (Å²) in [4.78, 5) is 33.8. The van der Waals surface area contributed by atoms with Crippen LogP contribution in [0.3, 0.4) is 0 Å². The summed E-state index contributed by atoms with van der Waals surface area (Å²) in [6, 6.07) is 27.7. The Labute approximate surface area is 273 Å². The highest BCUT2D eigenvalue weighted by Crippen LogP contribution is 2.51. The van der Waals surface area contributed by atoms with Gasteiger partial charge >= 0.3 is 7.12 Å². The first-order valence-electron chi connectivity index (χ1n) is 16.0. The van der Waals surface area contributed by atoms with Crippen LogP contribution < -0.4 is 9.64 Å². The van der Waals surface area contributed by atoms with Crippen LogP contribution in [0.15, 0.2) is 113 Å². The third-order valence-corrected chi connectivity index (χ3v) is 9.30. The molecule has 238 valence electrons. The van der Waals surface area contributed by atoms with Crippen molar-refractivity contribution in [3.8, 4) is 5.75 Å². The van der Waals surface area contributed by atoms with Gasteiger partial charge in [-0.1, -0.05) is 42.5 Å². The maximum Gasteiger partial charge on any atom is 0.455 e. The molecule has 0 radical (unpaired) electrons. The van der Waals surface area contributed by atoms with Crippen molar-refractivity contribution in [1.29, 1.82) is 0 Å². The standard InChI is InChI=1S/C37H35BN2O7/c41-22-29-16-15-28(46-29)19-24(32-13-7-8-18-39-32)14-17-33-34-25(23-45-27-11-5-2-6-12-27)20-30-35(31(34)21-38(44)47-33)37(43)40(36(30)42)26-9-3-1-4-10-26/h1-13,15-16,18-19,30-31,33,35,41,44H,14,17,20-23H2/b24-19-/t30-,31+,33-,35-/m1/s1.